The fraction of sp³-hybridized carbons (Fsp3) is 0.375. The summed E-state index contributed by atoms with van der Waals surface area (Å²) in [5.74, 6) is 0. The quantitative estimate of drug-likeness (QED) is 0.627. The van der Waals surface area contributed by atoms with Crippen LogP contribution >= 0.6 is 11.8 Å². The van der Waals surface area contributed by atoms with Gasteiger partial charge in [-0.15, -0.1) is 11.8 Å². The zero-order chi connectivity index (χ0) is 8.27. The van der Waals surface area contributed by atoms with Crippen molar-refractivity contribution in [3.63, 3.8) is 0 Å². The third-order valence-electron chi connectivity index (χ3n) is 1.45. The molecule has 0 N–H and O–H groups in total. The van der Waals surface area contributed by atoms with Crippen LogP contribution in [0.25, 0.3) is 0 Å². The molecule has 0 unspecified atom stereocenters. The maximum Gasteiger partial charge on any atom is 0.0958 e. The first-order chi connectivity index (χ1) is 5.24. The van der Waals surface area contributed by atoms with Crippen molar-refractivity contribution in [2.24, 2.45) is 0 Å². The molecule has 60 valence electrons. The van der Waals surface area contributed by atoms with Crippen LogP contribution in [0.15, 0.2) is 23.4 Å². The lowest BCUT2D eigenvalue weighted by atomic mass is 10.4. The molecule has 0 fully saturated rings. The summed E-state index contributed by atoms with van der Waals surface area (Å²) in [6, 6.07) is 4.10. The highest BCUT2D eigenvalue weighted by Gasteiger charge is 1.94. The van der Waals surface area contributed by atoms with E-state index >= 15 is 0 Å². The van der Waals surface area contributed by atoms with Crippen LogP contribution in [0.2, 0.25) is 0 Å². The number of pyridine rings is 1. The van der Waals surface area contributed by atoms with Gasteiger partial charge in [-0.25, -0.2) is 4.98 Å². The number of hydrogen-bond donors (Lipinski definition) is 0. The molecule has 0 bridgehead atoms. The fourth-order valence-electron chi connectivity index (χ4n) is 0.758. The van der Waals surface area contributed by atoms with Crippen molar-refractivity contribution in [1.82, 2.24) is 4.98 Å². The molecule has 0 aliphatic rings. The van der Waals surface area contributed by atoms with Gasteiger partial charge in [-0.2, -0.15) is 0 Å². The molecule has 3 heteroatoms. The Morgan fingerprint density at radius 2 is 2.09 bits per heavy atom. The first-order valence-corrected chi connectivity index (χ1v) is 4.64. The number of thioether (sulfide) groups is 1. The molecule has 0 amide bonds. The molecular weight excluding hydrogens is 156 g/mol. The molecule has 1 aromatic heterocycles. The van der Waals surface area contributed by atoms with Crippen LogP contribution < -0.4 is 4.90 Å². The smallest absolute Gasteiger partial charge is 0.0958 e. The first-order valence-electron chi connectivity index (χ1n) is 3.41. The van der Waals surface area contributed by atoms with Gasteiger partial charge in [-0.05, 0) is 18.4 Å². The number of nitrogens with zero attached hydrogens (tertiary/aromatic N) is 2. The maximum atomic E-state index is 4.24. The molecule has 0 saturated carbocycles. The minimum atomic E-state index is 1.07. The van der Waals surface area contributed by atoms with E-state index in [-0.39, 0.29) is 0 Å². The van der Waals surface area contributed by atoms with Crippen LogP contribution in [0.4, 0.5) is 5.69 Å². The molecule has 1 rings (SSSR count). The lowest BCUT2D eigenvalue weighted by molar-refractivity contribution is 1.07. The van der Waals surface area contributed by atoms with E-state index in [9.17, 15) is 0 Å². The molecule has 0 aromatic carbocycles. The fourth-order valence-corrected chi connectivity index (χ4v) is 1.12. The van der Waals surface area contributed by atoms with Crippen molar-refractivity contribution < 1.29 is 0 Å². The van der Waals surface area contributed by atoms with E-state index in [1.54, 1.807) is 11.8 Å². The van der Waals surface area contributed by atoms with E-state index in [0.717, 1.165) is 10.7 Å². The Hall–Kier alpha value is -0.700. The molecule has 1 aromatic rings. The highest BCUT2D eigenvalue weighted by molar-refractivity contribution is 7.98. The van der Waals surface area contributed by atoms with Crippen LogP contribution in [0.5, 0.6) is 0 Å². The highest BCUT2D eigenvalue weighted by atomic mass is 32.2. The lowest BCUT2D eigenvalue weighted by Gasteiger charge is -2.11. The molecule has 0 radical (unpaired) electrons. The van der Waals surface area contributed by atoms with Gasteiger partial charge in [-0.3, -0.25) is 0 Å². The normalized spacial score (nSPS) is 9.73. The molecule has 11 heavy (non-hydrogen) atoms. The third-order valence-corrected chi connectivity index (χ3v) is 2.11. The molecule has 1 heterocycles. The van der Waals surface area contributed by atoms with Crippen molar-refractivity contribution in [2.75, 3.05) is 25.3 Å². The second-order valence-corrected chi connectivity index (χ2v) is 3.28. The average molecular weight is 168 g/mol. The summed E-state index contributed by atoms with van der Waals surface area (Å²) < 4.78 is 0. The van der Waals surface area contributed by atoms with Crippen molar-refractivity contribution in [1.29, 1.82) is 0 Å². The monoisotopic (exact) mass is 168 g/mol. The van der Waals surface area contributed by atoms with Gasteiger partial charge in [0.05, 0.1) is 16.9 Å². The molecule has 0 aliphatic heterocycles. The second-order valence-electron chi connectivity index (χ2n) is 2.45. The predicted molar refractivity (Wildman–Crippen MR) is 50.3 cm³/mol. The number of hydrogen-bond acceptors (Lipinski definition) is 3. The Morgan fingerprint density at radius 3 is 2.45 bits per heavy atom. The van der Waals surface area contributed by atoms with E-state index in [0.29, 0.717) is 0 Å². The standard InChI is InChI=1S/C8H12N2S/c1-10(2)7-4-5-8(11-3)9-6-7/h4-6H,1-3H3. The van der Waals surface area contributed by atoms with Crippen LogP contribution in [0, 0.1) is 0 Å². The number of aromatic nitrogens is 1. The van der Waals surface area contributed by atoms with E-state index in [1.807, 2.05) is 37.5 Å². The predicted octanol–water partition coefficient (Wildman–Crippen LogP) is 1.87. The van der Waals surface area contributed by atoms with Crippen LogP contribution in [-0.4, -0.2) is 25.3 Å². The van der Waals surface area contributed by atoms with E-state index in [1.165, 1.54) is 0 Å². The van der Waals surface area contributed by atoms with Crippen molar-refractivity contribution >= 4 is 17.4 Å². The van der Waals surface area contributed by atoms with Crippen LogP contribution in [0.1, 0.15) is 0 Å². The van der Waals surface area contributed by atoms with Gasteiger partial charge in [0, 0.05) is 14.1 Å². The first kappa shape index (κ1) is 8.40. The van der Waals surface area contributed by atoms with E-state index < -0.39 is 0 Å². The Kier molecular flexibility index (Phi) is 2.76. The van der Waals surface area contributed by atoms with Gasteiger partial charge in [0.2, 0.25) is 0 Å². The molecule has 2 nitrogen and oxygen atoms in total. The van der Waals surface area contributed by atoms with E-state index in [4.69, 9.17) is 0 Å². The third kappa shape index (κ3) is 2.12. The van der Waals surface area contributed by atoms with Gasteiger partial charge >= 0.3 is 0 Å². The molecular formula is C8H12N2S. The average Bonchev–Trinajstić information content (AvgIpc) is 2.05. The maximum absolute atomic E-state index is 4.24. The summed E-state index contributed by atoms with van der Waals surface area (Å²) in [5, 5.41) is 1.07. The SMILES string of the molecule is CSc1ccc(N(C)C)cn1. The van der Waals surface area contributed by atoms with Crippen LogP contribution in [0.3, 0.4) is 0 Å². The van der Waals surface area contributed by atoms with Gasteiger partial charge < -0.3 is 4.90 Å². The zero-order valence-electron chi connectivity index (χ0n) is 7.03. The molecule has 0 saturated heterocycles. The summed E-state index contributed by atoms with van der Waals surface area (Å²) in [6.07, 6.45) is 3.91. The van der Waals surface area contributed by atoms with Gasteiger partial charge in [-0.1, -0.05) is 0 Å². The Bertz CT molecular complexity index is 218. The number of rotatable bonds is 2. The van der Waals surface area contributed by atoms with Crippen molar-refractivity contribution in [2.45, 2.75) is 5.03 Å². The Balaban J connectivity index is 2.83. The minimum Gasteiger partial charge on any atom is -0.376 e. The number of anilines is 1. The zero-order valence-corrected chi connectivity index (χ0v) is 7.85. The summed E-state index contributed by atoms with van der Waals surface area (Å²) in [7, 11) is 4.02. The Morgan fingerprint density at radius 1 is 1.36 bits per heavy atom. The summed E-state index contributed by atoms with van der Waals surface area (Å²) in [4.78, 5) is 6.28. The Labute approximate surface area is 71.6 Å². The second kappa shape index (κ2) is 3.62. The van der Waals surface area contributed by atoms with Crippen LogP contribution in [-0.2, 0) is 0 Å². The van der Waals surface area contributed by atoms with Gasteiger partial charge in [0.1, 0.15) is 0 Å². The van der Waals surface area contributed by atoms with Gasteiger partial charge in [0.15, 0.2) is 0 Å². The lowest BCUT2D eigenvalue weighted by Crippen LogP contribution is -2.08. The summed E-state index contributed by atoms with van der Waals surface area (Å²) >= 11 is 1.66. The highest BCUT2D eigenvalue weighted by Crippen LogP contribution is 2.14. The molecule has 0 spiro atoms. The van der Waals surface area contributed by atoms with Crippen molar-refractivity contribution in [3.8, 4) is 0 Å². The summed E-state index contributed by atoms with van der Waals surface area (Å²) in [5.41, 5.74) is 1.14. The van der Waals surface area contributed by atoms with Gasteiger partial charge in [0.25, 0.3) is 0 Å². The largest absolute Gasteiger partial charge is 0.376 e. The minimum absolute atomic E-state index is 1.07. The van der Waals surface area contributed by atoms with E-state index in [2.05, 4.69) is 11.1 Å². The van der Waals surface area contributed by atoms with Crippen molar-refractivity contribution in [3.05, 3.63) is 18.3 Å². The topological polar surface area (TPSA) is 16.1 Å². The molecule has 0 aliphatic carbocycles. The molecule has 0 atom stereocenters. The summed E-state index contributed by atoms with van der Waals surface area (Å²) in [6.45, 7) is 0.